The van der Waals surface area contributed by atoms with Crippen LogP contribution < -0.4 is 0 Å². The van der Waals surface area contributed by atoms with Crippen LogP contribution in [0.15, 0.2) is 18.2 Å². The van der Waals surface area contributed by atoms with Crippen LogP contribution in [0.5, 0.6) is 0 Å². The summed E-state index contributed by atoms with van der Waals surface area (Å²) in [7, 11) is 2.16. The van der Waals surface area contributed by atoms with Gasteiger partial charge in [-0.25, -0.2) is 4.39 Å². The Bertz CT molecular complexity index is 389. The molecule has 1 heterocycles. The van der Waals surface area contributed by atoms with E-state index in [9.17, 15) is 4.39 Å². The van der Waals surface area contributed by atoms with E-state index < -0.39 is 0 Å². The van der Waals surface area contributed by atoms with Crippen molar-refractivity contribution >= 4 is 11.6 Å². The number of rotatable bonds is 4. The summed E-state index contributed by atoms with van der Waals surface area (Å²) in [4.78, 5) is 4.83. The molecule has 0 aromatic heterocycles. The first-order valence-electron chi connectivity index (χ1n) is 6.50. The number of piperazine rings is 1. The molecule has 2 nitrogen and oxygen atoms in total. The van der Waals surface area contributed by atoms with Crippen molar-refractivity contribution in [1.29, 1.82) is 0 Å². The Hall–Kier alpha value is -0.640. The fourth-order valence-corrected chi connectivity index (χ4v) is 2.39. The van der Waals surface area contributed by atoms with E-state index in [0.29, 0.717) is 0 Å². The number of hydrogen-bond donors (Lipinski definition) is 0. The van der Waals surface area contributed by atoms with Gasteiger partial charge >= 0.3 is 0 Å². The minimum atomic E-state index is -0.311. The predicted molar refractivity (Wildman–Crippen MR) is 73.7 cm³/mol. The lowest BCUT2D eigenvalue weighted by atomic mass is 10.1. The minimum absolute atomic E-state index is 0.206. The van der Waals surface area contributed by atoms with Gasteiger partial charge in [0, 0.05) is 26.2 Å². The van der Waals surface area contributed by atoms with Crippen molar-refractivity contribution in [2.75, 3.05) is 39.8 Å². The Morgan fingerprint density at radius 1 is 1.22 bits per heavy atom. The highest BCUT2D eigenvalue weighted by Crippen LogP contribution is 2.16. The van der Waals surface area contributed by atoms with Crippen LogP contribution in [0.1, 0.15) is 12.0 Å². The van der Waals surface area contributed by atoms with E-state index in [0.717, 1.165) is 51.1 Å². The largest absolute Gasteiger partial charge is 0.304 e. The van der Waals surface area contributed by atoms with Gasteiger partial charge in [-0.1, -0.05) is 17.7 Å². The molecular weight excluding hydrogens is 251 g/mol. The molecule has 100 valence electrons. The molecule has 1 fully saturated rings. The highest BCUT2D eigenvalue weighted by Gasteiger charge is 2.12. The lowest BCUT2D eigenvalue weighted by Gasteiger charge is -2.32. The van der Waals surface area contributed by atoms with Gasteiger partial charge in [0.2, 0.25) is 0 Å². The number of nitrogens with zero attached hydrogens (tertiary/aromatic N) is 2. The molecule has 18 heavy (non-hydrogen) atoms. The first kappa shape index (κ1) is 13.8. The van der Waals surface area contributed by atoms with Crippen LogP contribution in [0.25, 0.3) is 0 Å². The number of aryl methyl sites for hydroxylation is 1. The second-order valence-electron chi connectivity index (χ2n) is 5.00. The Kier molecular flexibility index (Phi) is 4.98. The summed E-state index contributed by atoms with van der Waals surface area (Å²) in [6.45, 7) is 5.68. The average molecular weight is 271 g/mol. The maximum absolute atomic E-state index is 13.3. The third-order valence-electron chi connectivity index (χ3n) is 3.52. The molecule has 0 N–H and O–H groups in total. The molecule has 4 heteroatoms. The second kappa shape index (κ2) is 6.50. The van der Waals surface area contributed by atoms with Crippen molar-refractivity contribution < 1.29 is 4.39 Å². The molecule has 2 rings (SSSR count). The van der Waals surface area contributed by atoms with Crippen LogP contribution in [-0.4, -0.2) is 49.6 Å². The number of hydrogen-bond acceptors (Lipinski definition) is 2. The summed E-state index contributed by atoms with van der Waals surface area (Å²) in [6.07, 6.45) is 1.99. The zero-order chi connectivity index (χ0) is 13.0. The van der Waals surface area contributed by atoms with Crippen molar-refractivity contribution in [3.05, 3.63) is 34.6 Å². The smallest absolute Gasteiger partial charge is 0.142 e. The summed E-state index contributed by atoms with van der Waals surface area (Å²) in [5.74, 6) is -0.311. The van der Waals surface area contributed by atoms with Crippen molar-refractivity contribution in [3.8, 4) is 0 Å². The molecular formula is C14H20ClFN2. The highest BCUT2D eigenvalue weighted by atomic mass is 35.5. The molecule has 1 aromatic carbocycles. The van der Waals surface area contributed by atoms with Crippen molar-refractivity contribution in [2.45, 2.75) is 12.8 Å². The van der Waals surface area contributed by atoms with Gasteiger partial charge in [-0.15, -0.1) is 0 Å². The molecule has 0 aliphatic carbocycles. The van der Waals surface area contributed by atoms with Gasteiger partial charge in [-0.3, -0.25) is 0 Å². The third-order valence-corrected chi connectivity index (χ3v) is 3.83. The molecule has 1 aliphatic rings. The van der Waals surface area contributed by atoms with E-state index in [1.54, 1.807) is 12.1 Å². The Morgan fingerprint density at radius 2 is 1.94 bits per heavy atom. The summed E-state index contributed by atoms with van der Waals surface area (Å²) in [6, 6.07) is 5.10. The number of benzene rings is 1. The average Bonchev–Trinajstić information content (AvgIpc) is 2.36. The first-order chi connectivity index (χ1) is 8.65. The van der Waals surface area contributed by atoms with E-state index >= 15 is 0 Å². The highest BCUT2D eigenvalue weighted by molar-refractivity contribution is 6.30. The second-order valence-corrected chi connectivity index (χ2v) is 5.40. The molecule has 0 atom stereocenters. The number of halogens is 2. The normalized spacial score (nSPS) is 18.2. The minimum Gasteiger partial charge on any atom is -0.304 e. The molecule has 0 bridgehead atoms. The van der Waals surface area contributed by atoms with Crippen LogP contribution in [0.4, 0.5) is 4.39 Å². The van der Waals surface area contributed by atoms with E-state index in [4.69, 9.17) is 11.6 Å². The Labute approximate surface area is 113 Å². The summed E-state index contributed by atoms with van der Waals surface area (Å²) < 4.78 is 13.3. The fourth-order valence-electron chi connectivity index (χ4n) is 2.27. The lowest BCUT2D eigenvalue weighted by Crippen LogP contribution is -2.44. The molecule has 1 aromatic rings. The van der Waals surface area contributed by atoms with E-state index in [1.165, 1.54) is 0 Å². The molecule has 1 aliphatic heterocycles. The third kappa shape index (κ3) is 3.94. The molecule has 0 spiro atoms. The number of likely N-dealkylation sites (N-methyl/N-ethyl adjacent to an activating group) is 1. The van der Waals surface area contributed by atoms with Gasteiger partial charge in [-0.2, -0.15) is 0 Å². The van der Waals surface area contributed by atoms with E-state index in [1.807, 2.05) is 6.07 Å². The Balaban J connectivity index is 1.73. The molecule has 1 saturated heterocycles. The first-order valence-corrected chi connectivity index (χ1v) is 6.88. The molecule has 0 unspecified atom stereocenters. The van der Waals surface area contributed by atoms with E-state index in [-0.39, 0.29) is 10.8 Å². The molecule has 0 saturated carbocycles. The maximum Gasteiger partial charge on any atom is 0.142 e. The van der Waals surface area contributed by atoms with Crippen LogP contribution in [0.2, 0.25) is 5.02 Å². The zero-order valence-corrected chi connectivity index (χ0v) is 11.6. The maximum atomic E-state index is 13.3. The summed E-state index contributed by atoms with van der Waals surface area (Å²) in [5, 5.41) is 0.206. The van der Waals surface area contributed by atoms with Crippen LogP contribution in [0.3, 0.4) is 0 Å². The van der Waals surface area contributed by atoms with Crippen molar-refractivity contribution in [3.63, 3.8) is 0 Å². The van der Waals surface area contributed by atoms with Crippen molar-refractivity contribution in [1.82, 2.24) is 9.80 Å². The van der Waals surface area contributed by atoms with Crippen LogP contribution >= 0.6 is 11.6 Å². The van der Waals surface area contributed by atoms with Crippen molar-refractivity contribution in [2.24, 2.45) is 0 Å². The van der Waals surface area contributed by atoms with Crippen LogP contribution in [-0.2, 0) is 6.42 Å². The van der Waals surface area contributed by atoms with Gasteiger partial charge < -0.3 is 9.80 Å². The monoisotopic (exact) mass is 270 g/mol. The topological polar surface area (TPSA) is 6.48 Å². The Morgan fingerprint density at radius 3 is 2.61 bits per heavy atom. The predicted octanol–water partition coefficient (Wildman–Crippen LogP) is 2.66. The fraction of sp³-hybridized carbons (Fsp3) is 0.571. The van der Waals surface area contributed by atoms with Gasteiger partial charge in [-0.05, 0) is 44.1 Å². The molecule has 0 radical (unpaired) electrons. The lowest BCUT2D eigenvalue weighted by molar-refractivity contribution is 0.153. The standard InChI is InChI=1S/C14H20ClFN2/c1-17-7-9-18(10-8-17)6-2-3-12-4-5-13(15)14(16)11-12/h4-5,11H,2-3,6-10H2,1H3. The van der Waals surface area contributed by atoms with E-state index in [2.05, 4.69) is 16.8 Å². The summed E-state index contributed by atoms with van der Waals surface area (Å²) in [5.41, 5.74) is 1.03. The van der Waals surface area contributed by atoms with Crippen LogP contribution in [0, 0.1) is 5.82 Å². The van der Waals surface area contributed by atoms with Gasteiger partial charge in [0.15, 0.2) is 0 Å². The van der Waals surface area contributed by atoms with Gasteiger partial charge in [0.25, 0.3) is 0 Å². The zero-order valence-electron chi connectivity index (χ0n) is 10.8. The summed E-state index contributed by atoms with van der Waals surface area (Å²) >= 11 is 5.66. The SMILES string of the molecule is CN1CCN(CCCc2ccc(Cl)c(F)c2)CC1. The van der Waals surface area contributed by atoms with Gasteiger partial charge in [0.1, 0.15) is 5.82 Å². The molecule has 0 amide bonds. The quantitative estimate of drug-likeness (QED) is 0.830. The van der Waals surface area contributed by atoms with Gasteiger partial charge in [0.05, 0.1) is 5.02 Å².